The number of aldehydes is 2. The van der Waals surface area contributed by atoms with E-state index in [1.165, 1.54) is 0 Å². The highest BCUT2D eigenvalue weighted by Gasteiger charge is 2.41. The maximum Gasteiger partial charge on any atom is 0.490 e. The Kier molecular flexibility index (Phi) is 8.71. The number of rotatable bonds is 12. The van der Waals surface area contributed by atoms with Gasteiger partial charge in [0.05, 0.1) is 6.61 Å². The van der Waals surface area contributed by atoms with Crippen LogP contribution in [0.5, 0.6) is 0 Å². The molecule has 0 radical (unpaired) electrons. The van der Waals surface area contributed by atoms with Gasteiger partial charge in [0.1, 0.15) is 11.9 Å². The lowest BCUT2D eigenvalue weighted by Crippen LogP contribution is -2.33. The molecule has 0 aromatic carbocycles. The van der Waals surface area contributed by atoms with Crippen molar-refractivity contribution < 1.29 is 60.7 Å². The number of hydrogen-bond acceptors (Lipinski definition) is 12. The number of aromatic nitrogens is 2. The Labute approximate surface area is 160 Å². The largest absolute Gasteiger partial charge is 0.490 e. The maximum atomic E-state index is 11.7. The van der Waals surface area contributed by atoms with Crippen molar-refractivity contribution in [1.82, 2.24) is 9.55 Å². The first-order valence-electron chi connectivity index (χ1n) is 6.87. The molecular weight excluding hydrogens is 467 g/mol. The van der Waals surface area contributed by atoms with Crippen LogP contribution in [-0.4, -0.2) is 54.4 Å². The van der Waals surface area contributed by atoms with Gasteiger partial charge in [-0.05, 0) is 6.07 Å². The number of nitrogen functional groups attached to an aromatic ring is 1. The van der Waals surface area contributed by atoms with Crippen LogP contribution in [0.2, 0.25) is 0 Å². The Bertz CT molecular complexity index is 942. The highest BCUT2D eigenvalue weighted by molar-refractivity contribution is 7.66. The average molecular weight is 481 g/mol. The van der Waals surface area contributed by atoms with E-state index in [0.717, 1.165) is 12.3 Å². The van der Waals surface area contributed by atoms with Gasteiger partial charge in [-0.2, -0.15) is 13.6 Å². The number of nitrogens with zero attached hydrogens (tertiary/aromatic N) is 2. The zero-order valence-electron chi connectivity index (χ0n) is 13.9. The van der Waals surface area contributed by atoms with Crippen LogP contribution in [0.3, 0.4) is 0 Å². The van der Waals surface area contributed by atoms with Crippen LogP contribution in [0.1, 0.15) is 6.23 Å². The van der Waals surface area contributed by atoms with Crippen LogP contribution in [-0.2, 0) is 41.2 Å². The van der Waals surface area contributed by atoms with Crippen LogP contribution < -0.4 is 11.4 Å². The van der Waals surface area contributed by atoms with Crippen LogP contribution in [0.25, 0.3) is 0 Å². The van der Waals surface area contributed by atoms with Crippen LogP contribution >= 0.6 is 23.5 Å². The van der Waals surface area contributed by atoms with Gasteiger partial charge in [-0.3, -0.25) is 13.9 Å². The molecule has 17 nitrogen and oxygen atoms in total. The van der Waals surface area contributed by atoms with Gasteiger partial charge in [-0.15, -0.1) is 0 Å². The molecule has 164 valence electrons. The fraction of sp³-hybridized carbons (Fsp3) is 0.333. The summed E-state index contributed by atoms with van der Waals surface area (Å²) in [5.74, 6) is -0.171. The molecule has 1 rings (SSSR count). The van der Waals surface area contributed by atoms with Crippen molar-refractivity contribution in [3.8, 4) is 0 Å². The van der Waals surface area contributed by atoms with Crippen molar-refractivity contribution in [2.24, 2.45) is 0 Å². The summed E-state index contributed by atoms with van der Waals surface area (Å²) in [5.41, 5.74) is 4.25. The summed E-state index contributed by atoms with van der Waals surface area (Å²) in [6, 6.07) is 1.13. The number of ether oxygens (including phenoxy) is 1. The van der Waals surface area contributed by atoms with Gasteiger partial charge >= 0.3 is 29.2 Å². The molecule has 1 aromatic rings. The molecule has 0 aliphatic heterocycles. The lowest BCUT2D eigenvalue weighted by molar-refractivity contribution is -0.139. The summed E-state index contributed by atoms with van der Waals surface area (Å²) in [7, 11) is -16.8. The highest BCUT2D eigenvalue weighted by atomic mass is 31.3. The minimum atomic E-state index is -5.75. The smallest absolute Gasteiger partial charge is 0.383 e. The van der Waals surface area contributed by atoms with Crippen molar-refractivity contribution >= 4 is 41.9 Å². The number of carbonyl (C=O) groups excluding carboxylic acids is 2. The van der Waals surface area contributed by atoms with E-state index in [9.17, 15) is 33.0 Å². The van der Waals surface area contributed by atoms with Crippen molar-refractivity contribution in [2.45, 2.75) is 12.3 Å². The molecule has 0 bridgehead atoms. The molecule has 0 fully saturated rings. The molecule has 0 saturated carbocycles. The molecule has 1 heterocycles. The number of anilines is 1. The second kappa shape index (κ2) is 9.93. The molecule has 2 unspecified atom stereocenters. The van der Waals surface area contributed by atoms with Gasteiger partial charge in [0, 0.05) is 6.20 Å². The molecule has 0 spiro atoms. The Hall–Kier alpha value is -1.61. The number of phosphoric ester groups is 1. The van der Waals surface area contributed by atoms with Gasteiger partial charge in [-0.1, -0.05) is 0 Å². The highest BCUT2D eigenvalue weighted by Crippen LogP contribution is 2.66. The average Bonchev–Trinajstić information content (AvgIpc) is 2.52. The van der Waals surface area contributed by atoms with Gasteiger partial charge < -0.3 is 34.8 Å². The van der Waals surface area contributed by atoms with E-state index in [0.29, 0.717) is 4.57 Å². The second-order valence-electron chi connectivity index (χ2n) is 4.77. The summed E-state index contributed by atoms with van der Waals surface area (Å²) < 4.78 is 49.9. The van der Waals surface area contributed by atoms with Crippen molar-refractivity contribution in [2.75, 3.05) is 12.3 Å². The van der Waals surface area contributed by atoms with E-state index in [2.05, 4.69) is 18.1 Å². The number of nitrogens with two attached hydrogens (primary N) is 1. The standard InChI is InChI=1S/C9H14N3O14P3/c10-7-1-2-12(9(15)11-7)8(4-14)24-6(3-13)5-23-28(19,20)26-29(21,22)25-27(16,17)18/h1-4,6,8H,5H2,(H,19,20)(H,21,22)(H2,10,11,15)(H2,16,17,18)/t6-,8+/m0/s1. The first kappa shape index (κ1) is 25.4. The third-order valence-corrected chi connectivity index (χ3v) is 6.33. The monoisotopic (exact) mass is 481 g/mol. The van der Waals surface area contributed by atoms with E-state index in [4.69, 9.17) is 25.2 Å². The first-order valence-corrected chi connectivity index (χ1v) is 11.4. The molecule has 0 aliphatic rings. The fourth-order valence-electron chi connectivity index (χ4n) is 1.54. The molecule has 1 aromatic heterocycles. The van der Waals surface area contributed by atoms with Crippen molar-refractivity contribution in [1.29, 1.82) is 0 Å². The zero-order chi connectivity index (χ0) is 22.5. The van der Waals surface area contributed by atoms with Crippen LogP contribution in [0.15, 0.2) is 17.1 Å². The summed E-state index contributed by atoms with van der Waals surface area (Å²) in [6.07, 6.45) is -2.47. The molecule has 4 atom stereocenters. The number of carbonyl (C=O) groups is 2. The fourth-order valence-corrected chi connectivity index (χ4v) is 4.57. The van der Waals surface area contributed by atoms with Crippen molar-refractivity contribution in [3.63, 3.8) is 0 Å². The van der Waals surface area contributed by atoms with Gasteiger partial charge in [-0.25, -0.2) is 18.5 Å². The first-order chi connectivity index (χ1) is 13.2. The molecule has 6 N–H and O–H groups in total. The third kappa shape index (κ3) is 9.16. The number of phosphoric acid groups is 3. The Balaban J connectivity index is 2.81. The van der Waals surface area contributed by atoms with E-state index in [1.807, 2.05) is 0 Å². The second-order valence-corrected chi connectivity index (χ2v) is 9.19. The quantitative estimate of drug-likeness (QED) is 0.167. The zero-order valence-corrected chi connectivity index (χ0v) is 16.5. The summed E-state index contributed by atoms with van der Waals surface area (Å²) in [5, 5.41) is 0. The SMILES string of the molecule is Nc1ccn([C@@H](C=O)O[C@@H](C=O)COP(=O)(O)OP(=O)(O)OP(=O)(O)O)c(=O)n1. The Morgan fingerprint density at radius 2 is 1.72 bits per heavy atom. The lowest BCUT2D eigenvalue weighted by Gasteiger charge is -2.20. The van der Waals surface area contributed by atoms with Gasteiger partial charge in [0.25, 0.3) is 0 Å². The molecule has 0 aliphatic carbocycles. The summed E-state index contributed by atoms with van der Waals surface area (Å²) in [6.45, 7) is -1.16. The summed E-state index contributed by atoms with van der Waals surface area (Å²) >= 11 is 0. The number of hydrogen-bond donors (Lipinski definition) is 5. The van der Waals surface area contributed by atoms with Gasteiger partial charge in [0.2, 0.25) is 0 Å². The molecule has 20 heteroatoms. The normalized spacial score (nSPS) is 18.2. The van der Waals surface area contributed by atoms with Crippen LogP contribution in [0.4, 0.5) is 5.82 Å². The van der Waals surface area contributed by atoms with Crippen molar-refractivity contribution in [3.05, 3.63) is 22.7 Å². The summed E-state index contributed by atoms with van der Waals surface area (Å²) in [4.78, 5) is 72.2. The van der Waals surface area contributed by atoms with Crippen LogP contribution in [0, 0.1) is 0 Å². The Morgan fingerprint density at radius 1 is 1.10 bits per heavy atom. The van der Waals surface area contributed by atoms with E-state index >= 15 is 0 Å². The van der Waals surface area contributed by atoms with Gasteiger partial charge in [0.15, 0.2) is 18.8 Å². The predicted molar refractivity (Wildman–Crippen MR) is 88.8 cm³/mol. The molecular formula is C9H14N3O14P3. The third-order valence-electron chi connectivity index (χ3n) is 2.53. The van der Waals surface area contributed by atoms with E-state index in [1.54, 1.807) is 0 Å². The maximum absolute atomic E-state index is 11.7. The van der Waals surface area contributed by atoms with E-state index < -0.39 is 48.1 Å². The lowest BCUT2D eigenvalue weighted by atomic mass is 10.4. The Morgan fingerprint density at radius 3 is 2.21 bits per heavy atom. The minimum Gasteiger partial charge on any atom is -0.383 e. The topological polar surface area (TPSA) is 264 Å². The molecule has 29 heavy (non-hydrogen) atoms. The predicted octanol–water partition coefficient (Wildman–Crippen LogP) is -1.55. The van der Waals surface area contributed by atoms with E-state index in [-0.39, 0.29) is 18.4 Å². The minimum absolute atomic E-state index is 0.0169. The molecule has 0 saturated heterocycles. The molecule has 0 amide bonds.